The van der Waals surface area contributed by atoms with Crippen molar-refractivity contribution in [2.75, 3.05) is 46.2 Å². The van der Waals surface area contributed by atoms with Gasteiger partial charge < -0.3 is 20.2 Å². The van der Waals surface area contributed by atoms with Gasteiger partial charge in [0.05, 0.1) is 18.2 Å². The van der Waals surface area contributed by atoms with Crippen LogP contribution in [0.25, 0.3) is 0 Å². The van der Waals surface area contributed by atoms with E-state index in [2.05, 4.69) is 0 Å². The fourth-order valence-corrected chi connectivity index (χ4v) is 8.56. The van der Waals surface area contributed by atoms with Crippen molar-refractivity contribution in [3.05, 3.63) is 45.4 Å². The van der Waals surface area contributed by atoms with Gasteiger partial charge in [0.15, 0.2) is 5.78 Å². The molecule has 0 unspecified atom stereocenters. The molecule has 3 N–H and O–H groups in total. The number of aromatic hydroxyl groups is 1. The number of phenolic OH excluding ortho intramolecular Hbond substituents is 1. The Morgan fingerprint density at radius 3 is 2.29 bits per heavy atom. The third kappa shape index (κ3) is 4.78. The molecule has 0 amide bonds. The lowest BCUT2D eigenvalue weighted by molar-refractivity contribution is -0.146. The first-order chi connectivity index (χ1) is 19.6. The number of rotatable bonds is 7. The van der Waals surface area contributed by atoms with Gasteiger partial charge >= 0.3 is 6.18 Å². The smallest absolute Gasteiger partial charge is 0.401 e. The summed E-state index contributed by atoms with van der Waals surface area (Å²) in [7, 11) is 7.44. The van der Waals surface area contributed by atoms with Gasteiger partial charge in [0.25, 0.3) is 0 Å². The zero-order chi connectivity index (χ0) is 30.9. The second kappa shape index (κ2) is 10.8. The average molecular weight is 592 g/mol. The molecule has 0 aromatic heterocycles. The topological polar surface area (TPSA) is 87.5 Å². The number of ketones is 1. The van der Waals surface area contributed by atoms with Crippen molar-refractivity contribution < 1.29 is 33.3 Å². The Labute approximate surface area is 246 Å². The number of Topliss-reactive ketones (excluding diaryl/α,β-unsaturated/α-hetero) is 1. The maximum atomic E-state index is 14.3. The Morgan fingerprint density at radius 1 is 1.10 bits per heavy atom. The summed E-state index contributed by atoms with van der Waals surface area (Å²) in [6.45, 7) is 2.62. The van der Waals surface area contributed by atoms with E-state index in [9.17, 15) is 33.3 Å². The van der Waals surface area contributed by atoms with E-state index in [-0.39, 0.29) is 54.0 Å². The van der Waals surface area contributed by atoms with E-state index in [1.54, 1.807) is 25.9 Å². The number of phenols is 1. The van der Waals surface area contributed by atoms with Crippen molar-refractivity contribution in [1.82, 2.24) is 9.80 Å². The van der Waals surface area contributed by atoms with E-state index in [1.165, 1.54) is 11.0 Å². The molecular weight excluding hydrogens is 547 g/mol. The molecule has 0 radical (unpaired) electrons. The lowest BCUT2D eigenvalue weighted by Crippen LogP contribution is -2.58. The fraction of sp³-hybridized carbons (Fsp3) is 0.656. The zero-order valence-corrected chi connectivity index (χ0v) is 25.5. The summed E-state index contributed by atoms with van der Waals surface area (Å²) < 4.78 is 39.8. The molecule has 7 nitrogen and oxygen atoms in total. The molecule has 4 aliphatic rings. The Morgan fingerprint density at radius 2 is 1.76 bits per heavy atom. The summed E-state index contributed by atoms with van der Waals surface area (Å²) in [5, 5.41) is 34.7. The minimum absolute atomic E-state index is 0.0365. The van der Waals surface area contributed by atoms with Crippen LogP contribution in [0.1, 0.15) is 67.4 Å². The highest BCUT2D eigenvalue weighted by Crippen LogP contribution is 2.64. The highest BCUT2D eigenvalue weighted by atomic mass is 19.4. The quantitative estimate of drug-likeness (QED) is 0.360. The van der Waals surface area contributed by atoms with Crippen LogP contribution in [0.3, 0.4) is 0 Å². The Balaban J connectivity index is 1.66. The number of hydrogen-bond donors (Lipinski definition) is 3. The van der Waals surface area contributed by atoms with E-state index in [0.29, 0.717) is 47.4 Å². The number of carbonyl (C=O) groups is 1. The summed E-state index contributed by atoms with van der Waals surface area (Å²) in [6.07, 6.45) is 0.0122. The predicted molar refractivity (Wildman–Crippen MR) is 156 cm³/mol. The van der Waals surface area contributed by atoms with Gasteiger partial charge in [-0.3, -0.25) is 14.6 Å². The van der Waals surface area contributed by atoms with Crippen LogP contribution >= 0.6 is 0 Å². The number of halogens is 3. The molecule has 5 rings (SSSR count). The molecule has 1 fully saturated rings. The summed E-state index contributed by atoms with van der Waals surface area (Å²) in [5.74, 6) is -0.493. The van der Waals surface area contributed by atoms with E-state index in [0.717, 1.165) is 24.8 Å². The lowest BCUT2D eigenvalue weighted by Gasteiger charge is -2.59. The SMILES string of the molecule is CCN(Cc1cc(O)c2c(c1N(C)C)C[C@H]1C[C@H]3[C@H](N(C)C)C(O)=C(C)C[C@@]3(C3CCC3)C(O)=C1C2=O)CC(F)(F)F. The van der Waals surface area contributed by atoms with Gasteiger partial charge in [-0.2, -0.15) is 13.2 Å². The van der Waals surface area contributed by atoms with Crippen molar-refractivity contribution in [2.24, 2.45) is 23.2 Å². The molecule has 0 bridgehead atoms. The standard InChI is InChI=1S/C32H44F3N3O4/c1-7-38(16-32(33,34)35)15-19-13-23(39)25-21(26(19)36(3)4)11-18-12-22-27(37(5)6)28(40)17(2)14-31(22,20-9-8-10-20)30(42)24(18)29(25)41/h13,18,20,22,27,39-40,42H,7-12,14-16H2,1-6H3/t18-,22-,27-,31-/m0/s1. The largest absolute Gasteiger partial charge is 0.511 e. The van der Waals surface area contributed by atoms with E-state index in [1.807, 2.05) is 25.9 Å². The van der Waals surface area contributed by atoms with Crippen molar-refractivity contribution in [1.29, 1.82) is 0 Å². The summed E-state index contributed by atoms with van der Waals surface area (Å²) in [6, 6.07) is 1.11. The maximum absolute atomic E-state index is 14.3. The Bertz CT molecular complexity index is 1330. The minimum atomic E-state index is -4.37. The number of fused-ring (bicyclic) bond motifs is 3. The van der Waals surface area contributed by atoms with Crippen LogP contribution in [-0.2, 0) is 13.0 Å². The van der Waals surface area contributed by atoms with Crippen LogP contribution in [0.5, 0.6) is 5.75 Å². The van der Waals surface area contributed by atoms with Gasteiger partial charge in [-0.05, 0) is 100 Å². The van der Waals surface area contributed by atoms with Gasteiger partial charge in [0.2, 0.25) is 0 Å². The molecule has 1 saturated carbocycles. The number of aliphatic hydroxyl groups excluding tert-OH is 2. The average Bonchev–Trinajstić information content (AvgIpc) is 2.83. The van der Waals surface area contributed by atoms with Crippen LogP contribution in [0.4, 0.5) is 18.9 Å². The molecule has 0 spiro atoms. The number of benzene rings is 1. The monoisotopic (exact) mass is 591 g/mol. The van der Waals surface area contributed by atoms with Crippen LogP contribution in [0.2, 0.25) is 0 Å². The van der Waals surface area contributed by atoms with Crippen molar-refractivity contribution in [3.8, 4) is 5.75 Å². The fourth-order valence-electron chi connectivity index (χ4n) is 8.56. The zero-order valence-electron chi connectivity index (χ0n) is 25.5. The number of aliphatic hydroxyl groups is 2. The predicted octanol–water partition coefficient (Wildman–Crippen LogP) is 5.98. The maximum Gasteiger partial charge on any atom is 0.401 e. The van der Waals surface area contributed by atoms with Crippen LogP contribution in [-0.4, -0.2) is 84.4 Å². The second-order valence-electron chi connectivity index (χ2n) is 13.3. The third-order valence-electron chi connectivity index (χ3n) is 10.4. The molecule has 4 atom stereocenters. The van der Waals surface area contributed by atoms with Gasteiger partial charge in [-0.25, -0.2) is 0 Å². The molecule has 10 heteroatoms. The lowest BCUT2D eigenvalue weighted by atomic mass is 9.47. The number of hydrogen-bond acceptors (Lipinski definition) is 7. The van der Waals surface area contributed by atoms with E-state index >= 15 is 0 Å². The molecule has 1 aromatic carbocycles. The van der Waals surface area contributed by atoms with E-state index < -0.39 is 23.9 Å². The molecule has 232 valence electrons. The normalized spacial score (nSPS) is 28.2. The number of allylic oxidation sites excluding steroid dienone is 3. The Kier molecular flexibility index (Phi) is 7.88. The molecule has 42 heavy (non-hydrogen) atoms. The van der Waals surface area contributed by atoms with Gasteiger partial charge in [0, 0.05) is 37.3 Å². The van der Waals surface area contributed by atoms with Crippen molar-refractivity contribution >= 4 is 11.5 Å². The first-order valence-corrected chi connectivity index (χ1v) is 15.0. The van der Waals surface area contributed by atoms with Crippen LogP contribution in [0.15, 0.2) is 28.7 Å². The van der Waals surface area contributed by atoms with Crippen molar-refractivity contribution in [2.45, 2.75) is 71.1 Å². The highest BCUT2D eigenvalue weighted by Gasteiger charge is 2.61. The molecule has 0 aliphatic heterocycles. The van der Waals surface area contributed by atoms with Gasteiger partial charge in [-0.1, -0.05) is 13.3 Å². The number of alkyl halides is 3. The molecule has 0 heterocycles. The summed E-state index contributed by atoms with van der Waals surface area (Å²) in [4.78, 5) is 19.4. The highest BCUT2D eigenvalue weighted by molar-refractivity contribution is 6.14. The first-order valence-electron chi connectivity index (χ1n) is 15.0. The van der Waals surface area contributed by atoms with Crippen molar-refractivity contribution in [3.63, 3.8) is 0 Å². The molecule has 0 saturated heterocycles. The molecule has 4 aliphatic carbocycles. The Hall–Kier alpha value is -2.72. The minimum Gasteiger partial charge on any atom is -0.511 e. The molecular formula is C32H44F3N3O4. The number of carbonyl (C=O) groups excluding carboxylic acids is 1. The summed E-state index contributed by atoms with van der Waals surface area (Å²) in [5.41, 5.74) is 2.42. The number of anilines is 1. The summed E-state index contributed by atoms with van der Waals surface area (Å²) >= 11 is 0. The van der Waals surface area contributed by atoms with Crippen LogP contribution < -0.4 is 4.90 Å². The van der Waals surface area contributed by atoms with E-state index in [4.69, 9.17) is 0 Å². The number of nitrogens with zero attached hydrogens (tertiary/aromatic N) is 3. The van der Waals surface area contributed by atoms with Gasteiger partial charge in [0.1, 0.15) is 17.3 Å². The second-order valence-corrected chi connectivity index (χ2v) is 13.3. The van der Waals surface area contributed by atoms with Gasteiger partial charge in [-0.15, -0.1) is 0 Å². The first kappa shape index (κ1) is 30.7. The van der Waals surface area contributed by atoms with Crippen LogP contribution in [0, 0.1) is 23.2 Å². The molecule has 1 aromatic rings. The third-order valence-corrected chi connectivity index (χ3v) is 10.4. The number of likely N-dealkylation sites (N-methyl/N-ethyl adjacent to an activating group) is 1.